The van der Waals surface area contributed by atoms with Gasteiger partial charge in [0.2, 0.25) is 5.91 Å². The Bertz CT molecular complexity index is 575. The molecule has 1 rings (SSSR count). The molecule has 0 bridgehead atoms. The predicted octanol–water partition coefficient (Wildman–Crippen LogP) is 1.12. The monoisotopic (exact) mass is 297 g/mol. The van der Waals surface area contributed by atoms with Crippen molar-refractivity contribution in [3.63, 3.8) is 0 Å². The van der Waals surface area contributed by atoms with Crippen LogP contribution in [0.15, 0.2) is 18.2 Å². The standard InChI is InChI=1S/C13H16FN3O4/c1-7(11(18)17(2)3)15-13(21)16-8-4-5-10(14)9(6-8)12(19)20/h4-7H,1-3H3,(H,19,20)(H2,15,16,21). The lowest BCUT2D eigenvalue weighted by molar-refractivity contribution is -0.130. The van der Waals surface area contributed by atoms with Crippen LogP contribution >= 0.6 is 0 Å². The van der Waals surface area contributed by atoms with Gasteiger partial charge in [-0.25, -0.2) is 14.0 Å². The molecule has 21 heavy (non-hydrogen) atoms. The fraction of sp³-hybridized carbons (Fsp3) is 0.308. The summed E-state index contributed by atoms with van der Waals surface area (Å²) in [5.74, 6) is -2.63. The quantitative estimate of drug-likeness (QED) is 0.775. The van der Waals surface area contributed by atoms with E-state index in [4.69, 9.17) is 5.11 Å². The molecule has 114 valence electrons. The lowest BCUT2D eigenvalue weighted by Gasteiger charge is -2.18. The van der Waals surface area contributed by atoms with E-state index in [-0.39, 0.29) is 11.6 Å². The van der Waals surface area contributed by atoms with Crippen molar-refractivity contribution in [1.29, 1.82) is 0 Å². The molecule has 3 N–H and O–H groups in total. The number of carboxylic acid groups (broad SMARTS) is 1. The number of nitrogens with zero attached hydrogens (tertiary/aromatic N) is 1. The van der Waals surface area contributed by atoms with E-state index in [0.29, 0.717) is 0 Å². The summed E-state index contributed by atoms with van der Waals surface area (Å²) in [6.45, 7) is 1.51. The maximum atomic E-state index is 13.2. The molecule has 0 radical (unpaired) electrons. The van der Waals surface area contributed by atoms with Crippen LogP contribution in [0.2, 0.25) is 0 Å². The second-order valence-electron chi connectivity index (χ2n) is 4.55. The molecule has 0 spiro atoms. The molecule has 0 saturated heterocycles. The number of urea groups is 1. The van der Waals surface area contributed by atoms with Crippen molar-refractivity contribution in [2.24, 2.45) is 0 Å². The largest absolute Gasteiger partial charge is 0.478 e. The topological polar surface area (TPSA) is 98.7 Å². The fourth-order valence-electron chi connectivity index (χ4n) is 1.58. The number of halogens is 1. The summed E-state index contributed by atoms with van der Waals surface area (Å²) in [5, 5.41) is 13.5. The van der Waals surface area contributed by atoms with Crippen LogP contribution in [0.25, 0.3) is 0 Å². The molecule has 0 aromatic heterocycles. The summed E-state index contributed by atoms with van der Waals surface area (Å²) in [6.07, 6.45) is 0. The maximum absolute atomic E-state index is 13.2. The molecule has 1 atom stereocenters. The first kappa shape index (κ1) is 16.4. The van der Waals surface area contributed by atoms with Gasteiger partial charge < -0.3 is 20.6 Å². The van der Waals surface area contributed by atoms with Gasteiger partial charge in [-0.3, -0.25) is 4.79 Å². The Labute approximate surface area is 120 Å². The number of amides is 3. The van der Waals surface area contributed by atoms with Crippen LogP contribution in [-0.4, -0.2) is 48.1 Å². The van der Waals surface area contributed by atoms with Crippen LogP contribution in [0.5, 0.6) is 0 Å². The van der Waals surface area contributed by atoms with Gasteiger partial charge in [0.25, 0.3) is 0 Å². The Morgan fingerprint density at radius 3 is 2.43 bits per heavy atom. The molecule has 3 amide bonds. The average Bonchev–Trinajstić information content (AvgIpc) is 2.39. The Balaban J connectivity index is 2.74. The number of nitrogens with one attached hydrogen (secondary N) is 2. The van der Waals surface area contributed by atoms with E-state index in [1.54, 1.807) is 14.1 Å². The van der Waals surface area contributed by atoms with Crippen LogP contribution in [0.4, 0.5) is 14.9 Å². The van der Waals surface area contributed by atoms with E-state index in [0.717, 1.165) is 12.1 Å². The second kappa shape index (κ2) is 6.69. The van der Waals surface area contributed by atoms with Gasteiger partial charge in [0.15, 0.2) is 0 Å². The van der Waals surface area contributed by atoms with Crippen LogP contribution in [0.3, 0.4) is 0 Å². The van der Waals surface area contributed by atoms with Gasteiger partial charge in [-0.1, -0.05) is 0 Å². The lowest BCUT2D eigenvalue weighted by Crippen LogP contribution is -2.45. The van der Waals surface area contributed by atoms with Gasteiger partial charge in [0.1, 0.15) is 11.9 Å². The third kappa shape index (κ3) is 4.44. The van der Waals surface area contributed by atoms with Crippen molar-refractivity contribution in [3.05, 3.63) is 29.6 Å². The molecule has 0 fully saturated rings. The first-order valence-corrected chi connectivity index (χ1v) is 6.04. The van der Waals surface area contributed by atoms with Gasteiger partial charge in [0.05, 0.1) is 5.56 Å². The molecule has 0 aliphatic rings. The van der Waals surface area contributed by atoms with E-state index in [1.165, 1.54) is 17.9 Å². The van der Waals surface area contributed by atoms with Crippen LogP contribution in [-0.2, 0) is 4.79 Å². The number of anilines is 1. The highest BCUT2D eigenvalue weighted by Gasteiger charge is 2.17. The highest BCUT2D eigenvalue weighted by Crippen LogP contribution is 2.14. The SMILES string of the molecule is CC(NC(=O)Nc1ccc(F)c(C(=O)O)c1)C(=O)N(C)C. The van der Waals surface area contributed by atoms with Crippen molar-refractivity contribution >= 4 is 23.6 Å². The Morgan fingerprint density at radius 1 is 1.29 bits per heavy atom. The molecule has 1 aromatic carbocycles. The molecule has 1 aromatic rings. The highest BCUT2D eigenvalue weighted by molar-refractivity contribution is 5.95. The minimum Gasteiger partial charge on any atom is -0.478 e. The zero-order valence-corrected chi connectivity index (χ0v) is 11.8. The number of likely N-dealkylation sites (N-methyl/N-ethyl adjacent to an activating group) is 1. The molecule has 0 aliphatic heterocycles. The fourth-order valence-corrected chi connectivity index (χ4v) is 1.58. The number of carboxylic acids is 1. The Hall–Kier alpha value is -2.64. The van der Waals surface area contributed by atoms with Gasteiger partial charge in [-0.05, 0) is 25.1 Å². The molecule has 1 unspecified atom stereocenters. The van der Waals surface area contributed by atoms with E-state index < -0.39 is 29.4 Å². The van der Waals surface area contributed by atoms with Crippen molar-refractivity contribution in [1.82, 2.24) is 10.2 Å². The molecule has 8 heteroatoms. The van der Waals surface area contributed by atoms with E-state index in [1.807, 2.05) is 0 Å². The van der Waals surface area contributed by atoms with Crippen LogP contribution in [0.1, 0.15) is 17.3 Å². The normalized spacial score (nSPS) is 11.4. The van der Waals surface area contributed by atoms with Gasteiger partial charge in [0, 0.05) is 19.8 Å². The van der Waals surface area contributed by atoms with Crippen molar-refractivity contribution in [3.8, 4) is 0 Å². The Kier molecular flexibility index (Phi) is 5.23. The molecule has 0 heterocycles. The van der Waals surface area contributed by atoms with Crippen molar-refractivity contribution in [2.75, 3.05) is 19.4 Å². The third-order valence-corrected chi connectivity index (χ3v) is 2.61. The zero-order chi connectivity index (χ0) is 16.2. The van der Waals surface area contributed by atoms with Gasteiger partial charge >= 0.3 is 12.0 Å². The number of rotatable bonds is 4. The van der Waals surface area contributed by atoms with Crippen LogP contribution in [0, 0.1) is 5.82 Å². The highest BCUT2D eigenvalue weighted by atomic mass is 19.1. The molecule has 7 nitrogen and oxygen atoms in total. The summed E-state index contributed by atoms with van der Waals surface area (Å²) in [4.78, 5) is 35.4. The maximum Gasteiger partial charge on any atom is 0.338 e. The van der Waals surface area contributed by atoms with Crippen LogP contribution < -0.4 is 10.6 Å². The lowest BCUT2D eigenvalue weighted by atomic mass is 10.2. The Morgan fingerprint density at radius 2 is 1.90 bits per heavy atom. The average molecular weight is 297 g/mol. The van der Waals surface area contributed by atoms with Gasteiger partial charge in [-0.2, -0.15) is 0 Å². The van der Waals surface area contributed by atoms with E-state index in [2.05, 4.69) is 10.6 Å². The molecule has 0 saturated carbocycles. The minimum absolute atomic E-state index is 0.107. The third-order valence-electron chi connectivity index (χ3n) is 2.61. The minimum atomic E-state index is -1.44. The smallest absolute Gasteiger partial charge is 0.338 e. The molecular formula is C13H16FN3O4. The number of hydrogen-bond acceptors (Lipinski definition) is 3. The first-order chi connectivity index (χ1) is 9.72. The summed E-state index contributed by atoms with van der Waals surface area (Å²) in [6, 6.07) is 1.71. The van der Waals surface area contributed by atoms with E-state index in [9.17, 15) is 18.8 Å². The van der Waals surface area contributed by atoms with Gasteiger partial charge in [-0.15, -0.1) is 0 Å². The summed E-state index contributed by atoms with van der Waals surface area (Å²) >= 11 is 0. The molecule has 0 aliphatic carbocycles. The molecular weight excluding hydrogens is 281 g/mol. The zero-order valence-electron chi connectivity index (χ0n) is 11.8. The number of carbonyl (C=O) groups excluding carboxylic acids is 2. The summed E-state index contributed by atoms with van der Waals surface area (Å²) in [7, 11) is 3.11. The number of aromatic carboxylic acids is 1. The first-order valence-electron chi connectivity index (χ1n) is 6.04. The summed E-state index contributed by atoms with van der Waals surface area (Å²) < 4.78 is 13.2. The number of carbonyl (C=O) groups is 3. The predicted molar refractivity (Wildman–Crippen MR) is 73.7 cm³/mol. The van der Waals surface area contributed by atoms with E-state index >= 15 is 0 Å². The summed E-state index contributed by atoms with van der Waals surface area (Å²) in [5.41, 5.74) is -0.444. The number of benzene rings is 1. The second-order valence-corrected chi connectivity index (χ2v) is 4.55. The number of hydrogen-bond donors (Lipinski definition) is 3. The van der Waals surface area contributed by atoms with Crippen molar-refractivity contribution in [2.45, 2.75) is 13.0 Å². The van der Waals surface area contributed by atoms with Crippen molar-refractivity contribution < 1.29 is 23.9 Å².